The number of fused-ring (bicyclic) bond motifs is 2. The number of nitrogens with two attached hydrogens (primary N) is 1. The van der Waals surface area contributed by atoms with Crippen LogP contribution in [0.25, 0.3) is 0 Å². The van der Waals surface area contributed by atoms with E-state index >= 15 is 0 Å². The summed E-state index contributed by atoms with van der Waals surface area (Å²) >= 11 is 0. The molecule has 0 amide bonds. The fraction of sp³-hybridized carbons (Fsp3) is 0.690. The van der Waals surface area contributed by atoms with Crippen LogP contribution in [0.4, 0.5) is 29.2 Å². The second kappa shape index (κ2) is 10.5. The third-order valence-electron chi connectivity index (χ3n) is 9.72. The standard InChI is InChI=1S/C29H39F4N7O/c1-16-9-21-22(11-20(16)25-24(29(31,32)33)17(2)10-23(34)37-25)36-27(38-26(21)39(3)19-5-7-35-13-19)41-15-28-6-4-8-40(28)14-18(30)12-28/h10,16,18-20,35H,4-9,11-15H2,1-3H3,(H2,34,37)/t16?,18-,19-,20?,28+/m1/s1. The highest BCUT2D eigenvalue weighted by atomic mass is 19.4. The molecule has 0 aromatic carbocycles. The average molecular weight is 578 g/mol. The lowest BCUT2D eigenvalue weighted by Crippen LogP contribution is -2.43. The van der Waals surface area contributed by atoms with Gasteiger partial charge < -0.3 is 20.7 Å². The highest BCUT2D eigenvalue weighted by molar-refractivity contribution is 5.53. The predicted molar refractivity (Wildman–Crippen MR) is 148 cm³/mol. The molecule has 3 N–H and O–H groups in total. The van der Waals surface area contributed by atoms with Gasteiger partial charge in [0, 0.05) is 44.1 Å². The van der Waals surface area contributed by atoms with E-state index in [2.05, 4.69) is 20.1 Å². The summed E-state index contributed by atoms with van der Waals surface area (Å²) in [4.78, 5) is 18.2. The summed E-state index contributed by atoms with van der Waals surface area (Å²) in [7, 11) is 2.01. The van der Waals surface area contributed by atoms with E-state index in [0.717, 1.165) is 50.3 Å². The molecule has 3 fully saturated rings. The average Bonchev–Trinajstić information content (AvgIpc) is 3.62. The molecule has 224 valence electrons. The van der Waals surface area contributed by atoms with Crippen molar-refractivity contribution in [1.29, 1.82) is 0 Å². The zero-order chi connectivity index (χ0) is 29.1. The quantitative estimate of drug-likeness (QED) is 0.497. The van der Waals surface area contributed by atoms with Crippen LogP contribution in [0.5, 0.6) is 6.01 Å². The van der Waals surface area contributed by atoms with Gasteiger partial charge in [0.25, 0.3) is 0 Å². The van der Waals surface area contributed by atoms with Crippen molar-refractivity contribution in [3.63, 3.8) is 0 Å². The minimum atomic E-state index is -4.55. The van der Waals surface area contributed by atoms with Crippen LogP contribution in [0.3, 0.4) is 0 Å². The van der Waals surface area contributed by atoms with Crippen LogP contribution in [0.15, 0.2) is 6.07 Å². The number of aromatic nitrogens is 3. The van der Waals surface area contributed by atoms with Crippen molar-refractivity contribution in [2.45, 2.75) is 82.2 Å². The molecule has 1 aliphatic carbocycles. The summed E-state index contributed by atoms with van der Waals surface area (Å²) in [6.45, 7) is 6.68. The number of nitrogens with one attached hydrogen (secondary N) is 1. The molecule has 2 aromatic heterocycles. The van der Waals surface area contributed by atoms with E-state index in [1.54, 1.807) is 0 Å². The lowest BCUT2D eigenvalue weighted by molar-refractivity contribution is -0.139. The van der Waals surface area contributed by atoms with Gasteiger partial charge in [-0.1, -0.05) is 6.92 Å². The van der Waals surface area contributed by atoms with E-state index in [0.29, 0.717) is 25.1 Å². The fourth-order valence-corrected chi connectivity index (χ4v) is 7.62. The maximum atomic E-state index is 14.4. The first-order valence-corrected chi connectivity index (χ1v) is 14.6. The van der Waals surface area contributed by atoms with Crippen LogP contribution in [0.2, 0.25) is 0 Å². The number of ether oxygens (including phenoxy) is 1. The molecule has 0 saturated carbocycles. The zero-order valence-electron chi connectivity index (χ0n) is 23.9. The number of halogens is 4. The van der Waals surface area contributed by atoms with Crippen LogP contribution in [0, 0.1) is 12.8 Å². The Kier molecular flexibility index (Phi) is 7.28. The molecule has 5 heterocycles. The number of anilines is 2. The lowest BCUT2D eigenvalue weighted by atomic mass is 9.75. The number of nitrogens with zero attached hydrogens (tertiary/aromatic N) is 5. The molecule has 3 saturated heterocycles. The Morgan fingerprint density at radius 1 is 1.24 bits per heavy atom. The van der Waals surface area contributed by atoms with Crippen molar-refractivity contribution in [1.82, 2.24) is 25.2 Å². The van der Waals surface area contributed by atoms with Crippen molar-refractivity contribution >= 4 is 11.6 Å². The molecule has 2 unspecified atom stereocenters. The summed E-state index contributed by atoms with van der Waals surface area (Å²) in [5.74, 6) is 0.161. The largest absolute Gasteiger partial charge is 0.461 e. The summed E-state index contributed by atoms with van der Waals surface area (Å²) < 4.78 is 63.3. The molecule has 0 radical (unpaired) electrons. The third kappa shape index (κ3) is 5.22. The molecule has 12 heteroatoms. The van der Waals surface area contributed by atoms with Gasteiger partial charge in [-0.25, -0.2) is 9.37 Å². The first-order valence-electron chi connectivity index (χ1n) is 14.6. The van der Waals surface area contributed by atoms with Gasteiger partial charge in [-0.2, -0.15) is 23.1 Å². The second-order valence-corrected chi connectivity index (χ2v) is 12.5. The van der Waals surface area contributed by atoms with Gasteiger partial charge in [-0.15, -0.1) is 0 Å². The summed E-state index contributed by atoms with van der Waals surface area (Å²) in [6, 6.07) is 1.71. The molecule has 41 heavy (non-hydrogen) atoms. The van der Waals surface area contributed by atoms with Crippen molar-refractivity contribution < 1.29 is 22.3 Å². The molecule has 2 aromatic rings. The van der Waals surface area contributed by atoms with Crippen LogP contribution < -0.4 is 20.7 Å². The van der Waals surface area contributed by atoms with Crippen LogP contribution in [-0.4, -0.2) is 77.4 Å². The molecule has 0 spiro atoms. The zero-order valence-corrected chi connectivity index (χ0v) is 23.9. The maximum absolute atomic E-state index is 14.4. The van der Waals surface area contributed by atoms with Crippen molar-refractivity contribution in [2.24, 2.45) is 5.92 Å². The predicted octanol–water partition coefficient (Wildman–Crippen LogP) is 4.05. The Hall–Kier alpha value is -2.73. The van der Waals surface area contributed by atoms with Crippen molar-refractivity contribution in [3.8, 4) is 6.01 Å². The van der Waals surface area contributed by atoms with Crippen LogP contribution in [-0.2, 0) is 19.0 Å². The van der Waals surface area contributed by atoms with E-state index in [4.69, 9.17) is 20.4 Å². The molecule has 4 aliphatic rings. The normalized spacial score (nSPS) is 29.9. The number of nitrogen functional groups attached to an aromatic ring is 1. The monoisotopic (exact) mass is 577 g/mol. The van der Waals surface area contributed by atoms with E-state index in [9.17, 15) is 17.6 Å². The molecule has 8 nitrogen and oxygen atoms in total. The number of hydrogen-bond acceptors (Lipinski definition) is 8. The molecule has 6 rings (SSSR count). The summed E-state index contributed by atoms with van der Waals surface area (Å²) in [5, 5.41) is 3.39. The first kappa shape index (κ1) is 28.4. The topological polar surface area (TPSA) is 92.4 Å². The molecular formula is C29H39F4N7O. The Balaban J connectivity index is 1.37. The molecule has 3 aliphatic heterocycles. The minimum Gasteiger partial charge on any atom is -0.461 e. The van der Waals surface area contributed by atoms with Crippen molar-refractivity contribution in [2.75, 3.05) is 50.5 Å². The number of rotatable bonds is 6. The summed E-state index contributed by atoms with van der Waals surface area (Å²) in [5.41, 5.74) is 6.55. The summed E-state index contributed by atoms with van der Waals surface area (Å²) in [6.07, 6.45) is -1.41. The van der Waals surface area contributed by atoms with Crippen LogP contribution in [0.1, 0.15) is 66.6 Å². The fourth-order valence-electron chi connectivity index (χ4n) is 7.62. The number of pyridine rings is 1. The minimum absolute atomic E-state index is 0.0236. The van der Waals surface area contributed by atoms with E-state index in [1.165, 1.54) is 13.0 Å². The smallest absolute Gasteiger partial charge is 0.418 e. The van der Waals surface area contributed by atoms with E-state index < -0.39 is 23.8 Å². The Labute approximate surface area is 238 Å². The maximum Gasteiger partial charge on any atom is 0.418 e. The van der Waals surface area contributed by atoms with Gasteiger partial charge >= 0.3 is 12.2 Å². The van der Waals surface area contributed by atoms with E-state index in [-0.39, 0.29) is 53.6 Å². The third-order valence-corrected chi connectivity index (χ3v) is 9.72. The number of likely N-dealkylation sites (N-methyl/N-ethyl adjacent to an activating group) is 1. The SMILES string of the molecule is Cc1cc(N)nc(C2Cc3nc(OC[C@@]45CCCN4C[C@H](F)C5)nc(N(C)[C@@H]4CCNC4)c3CC2C)c1C(F)(F)F. The second-order valence-electron chi connectivity index (χ2n) is 12.5. The Bertz CT molecular complexity index is 1300. The van der Waals surface area contributed by atoms with Crippen molar-refractivity contribution in [3.05, 3.63) is 34.1 Å². The van der Waals surface area contributed by atoms with Crippen LogP contribution >= 0.6 is 0 Å². The number of alkyl halides is 4. The van der Waals surface area contributed by atoms with Gasteiger partial charge in [0.2, 0.25) is 0 Å². The number of aryl methyl sites for hydroxylation is 1. The molecule has 0 bridgehead atoms. The highest BCUT2D eigenvalue weighted by Gasteiger charge is 2.49. The molecular weight excluding hydrogens is 538 g/mol. The van der Waals surface area contributed by atoms with E-state index in [1.807, 2.05) is 14.0 Å². The first-order chi connectivity index (χ1) is 19.4. The molecule has 5 atom stereocenters. The Morgan fingerprint density at radius 3 is 2.78 bits per heavy atom. The van der Waals surface area contributed by atoms with Gasteiger partial charge in [0.15, 0.2) is 0 Å². The Morgan fingerprint density at radius 2 is 2.05 bits per heavy atom. The highest BCUT2D eigenvalue weighted by Crippen LogP contribution is 2.45. The van der Waals surface area contributed by atoms with Gasteiger partial charge in [0.1, 0.15) is 24.4 Å². The van der Waals surface area contributed by atoms with Gasteiger partial charge in [-0.05, 0) is 69.7 Å². The van der Waals surface area contributed by atoms with Gasteiger partial charge in [-0.3, -0.25) is 4.90 Å². The lowest BCUT2D eigenvalue weighted by Gasteiger charge is -2.36. The number of hydrogen-bond donors (Lipinski definition) is 2. The van der Waals surface area contributed by atoms with Gasteiger partial charge in [0.05, 0.1) is 22.5 Å².